The average Bonchev–Trinajstić information content (AvgIpc) is 3.64. The van der Waals surface area contributed by atoms with E-state index >= 15 is 0 Å². The van der Waals surface area contributed by atoms with Crippen LogP contribution in [0.3, 0.4) is 0 Å². The van der Waals surface area contributed by atoms with E-state index < -0.39 is 0 Å². The third kappa shape index (κ3) is 4.25. The summed E-state index contributed by atoms with van der Waals surface area (Å²) in [5.74, 6) is 1.49. The van der Waals surface area contributed by atoms with Gasteiger partial charge >= 0.3 is 0 Å². The Labute approximate surface area is 224 Å². The zero-order chi connectivity index (χ0) is 26.4. The van der Waals surface area contributed by atoms with Crippen LogP contribution in [0.15, 0.2) is 55.9 Å². The molecule has 0 amide bonds. The van der Waals surface area contributed by atoms with Gasteiger partial charge in [-0.1, -0.05) is 31.4 Å². The first-order valence-electron chi connectivity index (χ1n) is 12.4. The van der Waals surface area contributed by atoms with Crippen LogP contribution in [-0.2, 0) is 0 Å². The lowest BCUT2D eigenvalue weighted by Gasteiger charge is -2.37. The number of H-pyrrole nitrogens is 2. The zero-order valence-corrected chi connectivity index (χ0v) is 22.1. The van der Waals surface area contributed by atoms with Gasteiger partial charge in [0.25, 0.3) is 0 Å². The number of imidazole rings is 1. The molecule has 6 rings (SSSR count). The van der Waals surface area contributed by atoms with Crippen LogP contribution >= 0.6 is 11.3 Å². The number of benzene rings is 1. The van der Waals surface area contributed by atoms with Gasteiger partial charge in [0.05, 0.1) is 34.5 Å². The van der Waals surface area contributed by atoms with E-state index in [1.807, 2.05) is 38.1 Å². The highest BCUT2D eigenvalue weighted by molar-refractivity contribution is 7.16. The summed E-state index contributed by atoms with van der Waals surface area (Å²) in [6.45, 7) is 13.9. The Bertz CT molecular complexity index is 1820. The Kier molecular flexibility index (Phi) is 6.01. The lowest BCUT2D eigenvalue weighted by molar-refractivity contribution is 0.513. The largest absolute Gasteiger partial charge is 0.352 e. The van der Waals surface area contributed by atoms with Crippen molar-refractivity contribution in [3.63, 3.8) is 0 Å². The van der Waals surface area contributed by atoms with Gasteiger partial charge in [-0.2, -0.15) is 5.10 Å². The second kappa shape index (κ2) is 9.51. The SMILES string of the molecule is C=C(/C=c1/c(-c2nc3c(-c4ccc(C(=C)C)s4)cccc3[nH]2)n[nH]/c1=C/C)c1cncc(N2CC(N)C2)n1. The van der Waals surface area contributed by atoms with Gasteiger partial charge in [-0.3, -0.25) is 10.1 Å². The number of hydrogen-bond acceptors (Lipinski definition) is 7. The Hall–Kier alpha value is -4.34. The van der Waals surface area contributed by atoms with Crippen molar-refractivity contribution < 1.29 is 0 Å². The first kappa shape index (κ1) is 24.0. The average molecular weight is 521 g/mol. The summed E-state index contributed by atoms with van der Waals surface area (Å²) >= 11 is 1.72. The summed E-state index contributed by atoms with van der Waals surface area (Å²) in [7, 11) is 0. The fourth-order valence-electron chi connectivity index (χ4n) is 4.58. The number of aromatic amines is 2. The lowest BCUT2D eigenvalue weighted by atomic mass is 10.1. The Morgan fingerprint density at radius 1 is 1.16 bits per heavy atom. The Morgan fingerprint density at radius 2 is 2.00 bits per heavy atom. The fraction of sp³-hybridized carbons (Fsp3) is 0.172. The number of nitrogens with zero attached hydrogens (tertiary/aromatic N) is 5. The van der Waals surface area contributed by atoms with Crippen LogP contribution < -0.4 is 21.2 Å². The number of para-hydroxylation sites is 1. The van der Waals surface area contributed by atoms with Crippen molar-refractivity contribution in [1.82, 2.24) is 30.1 Å². The monoisotopic (exact) mass is 520 g/mol. The molecule has 0 spiro atoms. The molecule has 38 heavy (non-hydrogen) atoms. The number of nitrogens with one attached hydrogen (secondary N) is 2. The normalized spacial score (nSPS) is 14.9. The summed E-state index contributed by atoms with van der Waals surface area (Å²) < 4.78 is 0. The van der Waals surface area contributed by atoms with Crippen molar-refractivity contribution in [2.24, 2.45) is 5.73 Å². The second-order valence-electron chi connectivity index (χ2n) is 9.52. The third-order valence-corrected chi connectivity index (χ3v) is 7.93. The molecule has 0 radical (unpaired) electrons. The summed E-state index contributed by atoms with van der Waals surface area (Å²) in [6, 6.07) is 10.6. The van der Waals surface area contributed by atoms with Gasteiger partial charge in [0.15, 0.2) is 5.82 Å². The quantitative estimate of drug-likeness (QED) is 0.313. The van der Waals surface area contributed by atoms with Crippen molar-refractivity contribution >= 4 is 51.5 Å². The smallest absolute Gasteiger partial charge is 0.159 e. The van der Waals surface area contributed by atoms with Crippen molar-refractivity contribution in [2.75, 3.05) is 18.0 Å². The van der Waals surface area contributed by atoms with Gasteiger partial charge in [0.1, 0.15) is 11.5 Å². The molecule has 0 unspecified atom stereocenters. The molecule has 1 fully saturated rings. The topological polar surface area (TPSA) is 112 Å². The van der Waals surface area contributed by atoms with Gasteiger partial charge in [-0.05, 0) is 49.3 Å². The van der Waals surface area contributed by atoms with Crippen LogP contribution in [0.2, 0.25) is 0 Å². The molecule has 4 aromatic heterocycles. The molecule has 1 saturated heterocycles. The van der Waals surface area contributed by atoms with E-state index in [0.29, 0.717) is 17.2 Å². The molecule has 5 heterocycles. The summed E-state index contributed by atoms with van der Waals surface area (Å²) in [5, 5.41) is 9.52. The molecule has 0 bridgehead atoms. The maximum Gasteiger partial charge on any atom is 0.159 e. The molecule has 0 aliphatic carbocycles. The molecule has 5 aromatic rings. The van der Waals surface area contributed by atoms with Crippen LogP contribution in [-0.4, -0.2) is 49.3 Å². The standard InChI is InChI=1S/C29H28N8S/c1-5-21-20(11-17(4)23-12-31-13-26(32-23)37-14-18(30)15-37)28(36-35-21)29-33-22-8-6-7-19(27(22)34-29)25-10-9-24(38-25)16(2)3/h5-13,18,35H,2,4,14-15,30H2,1,3H3,(H,33,34)/b20-11+,21-5+. The number of anilines is 1. The minimum Gasteiger partial charge on any atom is -0.352 e. The van der Waals surface area contributed by atoms with Gasteiger partial charge < -0.3 is 15.6 Å². The number of allylic oxidation sites excluding steroid dienone is 2. The number of nitrogens with two attached hydrogens (primary N) is 1. The number of hydrogen-bond donors (Lipinski definition) is 3. The minimum atomic E-state index is 0.184. The van der Waals surface area contributed by atoms with Crippen LogP contribution in [0.5, 0.6) is 0 Å². The maximum absolute atomic E-state index is 5.94. The first-order chi connectivity index (χ1) is 18.4. The number of thiophene rings is 1. The predicted molar refractivity (Wildman–Crippen MR) is 157 cm³/mol. The summed E-state index contributed by atoms with van der Waals surface area (Å²) in [4.78, 5) is 22.1. The highest BCUT2D eigenvalue weighted by Crippen LogP contribution is 2.35. The minimum absolute atomic E-state index is 0.184. The number of fused-ring (bicyclic) bond motifs is 1. The van der Waals surface area contributed by atoms with Crippen molar-refractivity contribution in [2.45, 2.75) is 19.9 Å². The highest BCUT2D eigenvalue weighted by Gasteiger charge is 2.24. The van der Waals surface area contributed by atoms with E-state index in [0.717, 1.165) is 62.1 Å². The van der Waals surface area contributed by atoms with E-state index in [1.165, 1.54) is 4.88 Å². The Balaban J connectivity index is 1.41. The molecule has 0 saturated carbocycles. The highest BCUT2D eigenvalue weighted by atomic mass is 32.1. The molecule has 190 valence electrons. The van der Waals surface area contributed by atoms with Gasteiger partial charge in [-0.15, -0.1) is 11.3 Å². The molecule has 0 atom stereocenters. The molecule has 8 nitrogen and oxygen atoms in total. The lowest BCUT2D eigenvalue weighted by Crippen LogP contribution is -2.56. The van der Waals surface area contributed by atoms with Gasteiger partial charge in [0.2, 0.25) is 0 Å². The Morgan fingerprint density at radius 3 is 2.74 bits per heavy atom. The molecule has 1 aromatic carbocycles. The number of aromatic nitrogens is 6. The fourth-order valence-corrected chi connectivity index (χ4v) is 5.53. The van der Waals surface area contributed by atoms with E-state index in [-0.39, 0.29) is 6.04 Å². The van der Waals surface area contributed by atoms with Crippen LogP contribution in [0.4, 0.5) is 5.82 Å². The van der Waals surface area contributed by atoms with Crippen LogP contribution in [0.25, 0.3) is 56.3 Å². The molecule has 1 aliphatic heterocycles. The zero-order valence-electron chi connectivity index (χ0n) is 21.3. The van der Waals surface area contributed by atoms with Gasteiger partial charge in [0, 0.05) is 39.7 Å². The maximum atomic E-state index is 5.94. The third-order valence-electron chi connectivity index (χ3n) is 6.65. The summed E-state index contributed by atoms with van der Waals surface area (Å²) in [6.07, 6.45) is 7.45. The summed E-state index contributed by atoms with van der Waals surface area (Å²) in [5.41, 5.74) is 12.1. The van der Waals surface area contributed by atoms with E-state index in [9.17, 15) is 0 Å². The van der Waals surface area contributed by atoms with Crippen LogP contribution in [0.1, 0.15) is 24.4 Å². The van der Waals surface area contributed by atoms with Crippen molar-refractivity contribution in [3.8, 4) is 22.0 Å². The molecule has 4 N–H and O–H groups in total. The second-order valence-corrected chi connectivity index (χ2v) is 10.6. The van der Waals surface area contributed by atoms with Crippen LogP contribution in [0, 0.1) is 0 Å². The van der Waals surface area contributed by atoms with Gasteiger partial charge in [-0.25, -0.2) is 9.97 Å². The predicted octanol–water partition coefficient (Wildman–Crippen LogP) is 3.95. The van der Waals surface area contributed by atoms with Crippen molar-refractivity contribution in [3.05, 3.63) is 77.0 Å². The molecule has 1 aliphatic rings. The number of rotatable bonds is 6. The van der Waals surface area contributed by atoms with E-state index in [4.69, 9.17) is 15.7 Å². The van der Waals surface area contributed by atoms with E-state index in [2.05, 4.69) is 56.4 Å². The molecular formula is C29H28N8S. The first-order valence-corrected chi connectivity index (χ1v) is 13.2. The van der Waals surface area contributed by atoms with Crippen molar-refractivity contribution in [1.29, 1.82) is 0 Å². The molecular weight excluding hydrogens is 492 g/mol. The van der Waals surface area contributed by atoms with E-state index in [1.54, 1.807) is 23.7 Å². The molecule has 9 heteroatoms.